The predicted molar refractivity (Wildman–Crippen MR) is 295 cm³/mol. The fourth-order valence-electron chi connectivity index (χ4n) is 12.1. The van der Waals surface area contributed by atoms with Gasteiger partial charge in [0.05, 0.1) is 18.8 Å². The Morgan fingerprint density at radius 1 is 0.348 bits per heavy atom. The van der Waals surface area contributed by atoms with Gasteiger partial charge < -0.3 is 32.5 Å². The molecule has 0 amide bonds. The second-order valence-electron chi connectivity index (χ2n) is 22.1. The van der Waals surface area contributed by atoms with Gasteiger partial charge in [-0.3, -0.25) is 14.4 Å². The normalized spacial score (nSPS) is 21.3. The fourth-order valence-corrected chi connectivity index (χ4v) is 12.1. The Kier molecular flexibility index (Phi) is 48.6. The molecule has 0 saturated heterocycles. The standard InChI is InChI=1S/3C18H37N.C6H8O6/c3*1-2-17-13-10-11-15-18(17)14-9-7-5-3-4-6-8-12-16-19;7-4(8)1-3(6(11)12)2-5(9)10/h3*17-18H,2-16,19H2,1H3;3H,1-2H2,(H,7,8)(H,9,10)(H,11,12). The molecule has 9 nitrogen and oxygen atoms in total. The van der Waals surface area contributed by atoms with Crippen molar-refractivity contribution in [3.63, 3.8) is 0 Å². The molecule has 69 heavy (non-hydrogen) atoms. The van der Waals surface area contributed by atoms with Crippen LogP contribution in [-0.4, -0.2) is 52.9 Å². The lowest BCUT2D eigenvalue weighted by molar-refractivity contribution is -0.152. The van der Waals surface area contributed by atoms with Gasteiger partial charge >= 0.3 is 17.9 Å². The van der Waals surface area contributed by atoms with Crippen molar-refractivity contribution >= 4 is 17.9 Å². The van der Waals surface area contributed by atoms with Crippen LogP contribution in [0.4, 0.5) is 0 Å². The Bertz CT molecular complexity index is 1020. The summed E-state index contributed by atoms with van der Waals surface area (Å²) in [5, 5.41) is 24.7. The van der Waals surface area contributed by atoms with Gasteiger partial charge in [-0.25, -0.2) is 0 Å². The van der Waals surface area contributed by atoms with Crippen LogP contribution in [0.2, 0.25) is 0 Å². The van der Waals surface area contributed by atoms with Crippen molar-refractivity contribution in [1.29, 1.82) is 0 Å². The lowest BCUT2D eigenvalue weighted by atomic mass is 9.75. The van der Waals surface area contributed by atoms with Gasteiger partial charge in [0, 0.05) is 0 Å². The highest BCUT2D eigenvalue weighted by Gasteiger charge is 2.26. The maximum absolute atomic E-state index is 10.2. The molecule has 0 aliphatic heterocycles. The summed E-state index contributed by atoms with van der Waals surface area (Å²) in [6.45, 7) is 9.80. The van der Waals surface area contributed by atoms with Crippen molar-refractivity contribution in [2.24, 2.45) is 58.6 Å². The summed E-state index contributed by atoms with van der Waals surface area (Å²) >= 11 is 0. The average molecular weight is 979 g/mol. The van der Waals surface area contributed by atoms with Crippen LogP contribution in [0.15, 0.2) is 0 Å². The fraction of sp³-hybridized carbons (Fsp3) is 0.950. The summed E-state index contributed by atoms with van der Waals surface area (Å²) in [7, 11) is 0. The second kappa shape index (κ2) is 49.9. The van der Waals surface area contributed by atoms with E-state index in [-0.39, 0.29) is 0 Å². The molecule has 0 aromatic heterocycles. The Balaban J connectivity index is 0.000000906. The van der Waals surface area contributed by atoms with Crippen molar-refractivity contribution in [3.8, 4) is 0 Å². The maximum Gasteiger partial charge on any atom is 0.307 e. The molecule has 0 bridgehead atoms. The Morgan fingerprint density at radius 3 is 0.739 bits per heavy atom. The molecule has 0 aromatic carbocycles. The largest absolute Gasteiger partial charge is 0.481 e. The van der Waals surface area contributed by atoms with Crippen molar-refractivity contribution in [2.75, 3.05) is 19.6 Å². The SMILES string of the molecule is CCC1CCCCC1CCCCCCCCCCN.CCC1CCCCC1CCCCCCCCCCN.CCC1CCCCC1CCCCCCCCCCN.O=C(O)CC(CC(=O)O)C(=O)O. The molecular weight excluding hydrogens is 859 g/mol. The second-order valence-corrected chi connectivity index (χ2v) is 22.1. The van der Waals surface area contributed by atoms with Crippen molar-refractivity contribution in [1.82, 2.24) is 0 Å². The van der Waals surface area contributed by atoms with E-state index < -0.39 is 36.7 Å². The summed E-state index contributed by atoms with van der Waals surface area (Å²) in [5.41, 5.74) is 16.5. The summed E-state index contributed by atoms with van der Waals surface area (Å²) in [6.07, 6.45) is 59.5. The van der Waals surface area contributed by atoms with E-state index in [2.05, 4.69) is 20.8 Å². The van der Waals surface area contributed by atoms with Crippen molar-refractivity contribution < 1.29 is 29.7 Å². The highest BCUT2D eigenvalue weighted by atomic mass is 16.4. The minimum absolute atomic E-state index is 0.665. The highest BCUT2D eigenvalue weighted by molar-refractivity contribution is 5.82. The third-order valence-electron chi connectivity index (χ3n) is 16.6. The molecule has 3 rings (SSSR count). The minimum Gasteiger partial charge on any atom is -0.481 e. The molecule has 3 fully saturated rings. The van der Waals surface area contributed by atoms with Gasteiger partial charge in [0.25, 0.3) is 0 Å². The van der Waals surface area contributed by atoms with E-state index >= 15 is 0 Å². The molecule has 0 aromatic rings. The van der Waals surface area contributed by atoms with Crippen LogP contribution >= 0.6 is 0 Å². The molecule has 3 aliphatic carbocycles. The molecular formula is C60H119N3O6. The van der Waals surface area contributed by atoms with E-state index in [9.17, 15) is 14.4 Å². The van der Waals surface area contributed by atoms with Crippen LogP contribution in [0.5, 0.6) is 0 Å². The van der Waals surface area contributed by atoms with E-state index in [4.69, 9.17) is 32.5 Å². The lowest BCUT2D eigenvalue weighted by Crippen LogP contribution is -2.20. The Labute approximate surface area is 427 Å². The molecule has 0 radical (unpaired) electrons. The molecule has 3 aliphatic rings. The van der Waals surface area contributed by atoms with Crippen LogP contribution in [0.1, 0.15) is 303 Å². The van der Waals surface area contributed by atoms with Crippen LogP contribution in [0.3, 0.4) is 0 Å². The first-order valence-electron chi connectivity index (χ1n) is 30.3. The maximum atomic E-state index is 10.2. The molecule has 9 N–H and O–H groups in total. The zero-order valence-corrected chi connectivity index (χ0v) is 46.1. The number of aliphatic carboxylic acids is 3. The van der Waals surface area contributed by atoms with Gasteiger partial charge in [0.1, 0.15) is 0 Å². The van der Waals surface area contributed by atoms with Crippen molar-refractivity contribution in [3.05, 3.63) is 0 Å². The summed E-state index contributed by atoms with van der Waals surface area (Å²) in [5.74, 6) is 1.02. The molecule has 410 valence electrons. The van der Waals surface area contributed by atoms with Crippen LogP contribution in [-0.2, 0) is 14.4 Å². The predicted octanol–water partition coefficient (Wildman–Crippen LogP) is 16.7. The van der Waals surface area contributed by atoms with E-state index in [1.807, 2.05) is 0 Å². The molecule has 6 atom stereocenters. The number of nitrogens with two attached hydrogens (primary N) is 3. The highest BCUT2D eigenvalue weighted by Crippen LogP contribution is 2.37. The topological polar surface area (TPSA) is 190 Å². The minimum atomic E-state index is -1.40. The number of carbonyl (C=O) groups is 3. The van der Waals surface area contributed by atoms with E-state index in [0.29, 0.717) is 0 Å². The Hall–Kier alpha value is -1.71. The zero-order chi connectivity index (χ0) is 51.0. The quantitative estimate of drug-likeness (QED) is 0.0327. The van der Waals surface area contributed by atoms with Gasteiger partial charge in [-0.2, -0.15) is 0 Å². The van der Waals surface area contributed by atoms with E-state index in [0.717, 1.165) is 55.1 Å². The van der Waals surface area contributed by atoms with Gasteiger partial charge in [0.15, 0.2) is 0 Å². The Morgan fingerprint density at radius 2 is 0.551 bits per heavy atom. The first-order chi connectivity index (χ1) is 33.6. The van der Waals surface area contributed by atoms with E-state index in [1.54, 1.807) is 0 Å². The van der Waals surface area contributed by atoms with Gasteiger partial charge in [-0.1, -0.05) is 271 Å². The third-order valence-corrected chi connectivity index (χ3v) is 16.6. The number of carboxylic acids is 3. The summed E-state index contributed by atoms with van der Waals surface area (Å²) < 4.78 is 0. The zero-order valence-electron chi connectivity index (χ0n) is 46.1. The first-order valence-corrected chi connectivity index (χ1v) is 30.3. The third kappa shape index (κ3) is 40.5. The summed E-state index contributed by atoms with van der Waals surface area (Å²) in [6, 6.07) is 0. The van der Waals surface area contributed by atoms with Crippen LogP contribution < -0.4 is 17.2 Å². The molecule has 9 heteroatoms. The molecule has 0 heterocycles. The average Bonchev–Trinajstić information content (AvgIpc) is 3.35. The monoisotopic (exact) mass is 978 g/mol. The smallest absolute Gasteiger partial charge is 0.307 e. The summed E-state index contributed by atoms with van der Waals surface area (Å²) in [4.78, 5) is 30.3. The van der Waals surface area contributed by atoms with E-state index in [1.165, 1.54) is 270 Å². The number of hydrogen-bond acceptors (Lipinski definition) is 6. The van der Waals surface area contributed by atoms with Crippen LogP contribution in [0.25, 0.3) is 0 Å². The van der Waals surface area contributed by atoms with Crippen LogP contribution in [0, 0.1) is 41.4 Å². The molecule has 0 spiro atoms. The first kappa shape index (κ1) is 67.3. The number of unbranched alkanes of at least 4 members (excludes halogenated alkanes) is 21. The number of rotatable bonds is 38. The lowest BCUT2D eigenvalue weighted by Gasteiger charge is -2.30. The van der Waals surface area contributed by atoms with Gasteiger partial charge in [-0.15, -0.1) is 0 Å². The van der Waals surface area contributed by atoms with Gasteiger partial charge in [-0.05, 0) is 74.4 Å². The van der Waals surface area contributed by atoms with Gasteiger partial charge in [0.2, 0.25) is 0 Å². The molecule has 3 saturated carbocycles. The van der Waals surface area contributed by atoms with Crippen molar-refractivity contribution in [2.45, 2.75) is 303 Å². The molecule has 6 unspecified atom stereocenters. The number of hydrogen-bond donors (Lipinski definition) is 6. The number of carboxylic acid groups (broad SMARTS) is 3.